The highest BCUT2D eigenvalue weighted by Gasteiger charge is 2.12. The fourth-order valence-corrected chi connectivity index (χ4v) is 3.03. The molecule has 2 aromatic carbocycles. The van der Waals surface area contributed by atoms with Gasteiger partial charge >= 0.3 is 0 Å². The van der Waals surface area contributed by atoms with Crippen molar-refractivity contribution in [3.05, 3.63) is 64.7 Å². The minimum atomic E-state index is -0.0656. The lowest BCUT2D eigenvalue weighted by Crippen LogP contribution is -2.24. The van der Waals surface area contributed by atoms with Crippen LogP contribution in [-0.2, 0) is 11.3 Å². The van der Waals surface area contributed by atoms with E-state index < -0.39 is 0 Å². The van der Waals surface area contributed by atoms with Crippen LogP contribution in [0.5, 0.6) is 0 Å². The minimum absolute atomic E-state index is 0.0656. The van der Waals surface area contributed by atoms with Gasteiger partial charge in [-0.05, 0) is 55.2 Å². The topological polar surface area (TPSA) is 68.0 Å². The first-order chi connectivity index (χ1) is 12.5. The number of amides is 1. The van der Waals surface area contributed by atoms with E-state index in [1.165, 1.54) is 22.9 Å². The van der Waals surface area contributed by atoms with E-state index in [0.717, 1.165) is 16.7 Å². The van der Waals surface area contributed by atoms with Crippen LogP contribution >= 0.6 is 11.8 Å². The predicted molar refractivity (Wildman–Crippen MR) is 103 cm³/mol. The van der Waals surface area contributed by atoms with Crippen LogP contribution in [0.2, 0.25) is 0 Å². The average molecular weight is 367 g/mol. The summed E-state index contributed by atoms with van der Waals surface area (Å²) in [5, 5.41) is 11.4. The summed E-state index contributed by atoms with van der Waals surface area (Å²) in [6.45, 7) is 6.65. The maximum absolute atomic E-state index is 12.0. The van der Waals surface area contributed by atoms with E-state index in [1.54, 1.807) is 0 Å². The molecule has 6 heteroatoms. The molecule has 0 atom stereocenters. The summed E-state index contributed by atoms with van der Waals surface area (Å²) in [5.74, 6) is 0.639. The lowest BCUT2D eigenvalue weighted by Gasteiger charge is -2.06. The zero-order chi connectivity index (χ0) is 18.5. The summed E-state index contributed by atoms with van der Waals surface area (Å²) < 4.78 is 5.66. The van der Waals surface area contributed by atoms with Crippen LogP contribution in [0.15, 0.2) is 52.1 Å². The van der Waals surface area contributed by atoms with Gasteiger partial charge in [0.05, 0.1) is 5.75 Å². The number of carbonyl (C=O) groups is 1. The van der Waals surface area contributed by atoms with Crippen molar-refractivity contribution >= 4 is 17.7 Å². The molecular formula is C20H21N3O2S. The van der Waals surface area contributed by atoms with E-state index in [-0.39, 0.29) is 11.7 Å². The second-order valence-electron chi connectivity index (χ2n) is 6.16. The minimum Gasteiger partial charge on any atom is -0.411 e. The number of hydrogen-bond acceptors (Lipinski definition) is 5. The summed E-state index contributed by atoms with van der Waals surface area (Å²) in [6.07, 6.45) is 0. The number of rotatable bonds is 6. The van der Waals surface area contributed by atoms with Gasteiger partial charge in [0.15, 0.2) is 0 Å². The van der Waals surface area contributed by atoms with Crippen LogP contribution in [0.3, 0.4) is 0 Å². The largest absolute Gasteiger partial charge is 0.411 e. The molecule has 0 spiro atoms. The Balaban J connectivity index is 1.53. The molecule has 5 nitrogen and oxygen atoms in total. The molecule has 0 fully saturated rings. The monoisotopic (exact) mass is 367 g/mol. The molecule has 0 saturated carbocycles. The number of thioether (sulfide) groups is 1. The van der Waals surface area contributed by atoms with Gasteiger partial charge < -0.3 is 9.73 Å². The maximum atomic E-state index is 12.0. The third-order valence-corrected chi connectivity index (χ3v) is 5.04. The molecule has 0 aliphatic heterocycles. The molecule has 26 heavy (non-hydrogen) atoms. The van der Waals surface area contributed by atoms with Gasteiger partial charge in [0, 0.05) is 12.1 Å². The molecule has 1 heterocycles. The third-order valence-electron chi connectivity index (χ3n) is 4.22. The Labute approximate surface area is 157 Å². The second-order valence-corrected chi connectivity index (χ2v) is 7.09. The fourth-order valence-electron chi connectivity index (χ4n) is 2.44. The molecule has 1 N–H and O–H groups in total. The van der Waals surface area contributed by atoms with E-state index in [0.29, 0.717) is 17.7 Å². The van der Waals surface area contributed by atoms with Gasteiger partial charge in [-0.3, -0.25) is 4.79 Å². The first-order valence-corrected chi connectivity index (χ1v) is 9.36. The van der Waals surface area contributed by atoms with E-state index >= 15 is 0 Å². The highest BCUT2D eigenvalue weighted by molar-refractivity contribution is 7.99. The van der Waals surface area contributed by atoms with Crippen LogP contribution in [0.1, 0.15) is 22.3 Å². The molecule has 0 aliphatic carbocycles. The molecule has 3 aromatic rings. The number of hydrogen-bond donors (Lipinski definition) is 1. The van der Waals surface area contributed by atoms with Crippen molar-refractivity contribution in [3.63, 3.8) is 0 Å². The van der Waals surface area contributed by atoms with Crippen molar-refractivity contribution in [1.29, 1.82) is 0 Å². The Morgan fingerprint density at radius 3 is 2.62 bits per heavy atom. The number of nitrogens with one attached hydrogen (secondary N) is 1. The van der Waals surface area contributed by atoms with E-state index in [9.17, 15) is 4.79 Å². The molecule has 0 radical (unpaired) electrons. The molecule has 0 unspecified atom stereocenters. The van der Waals surface area contributed by atoms with Crippen LogP contribution in [-0.4, -0.2) is 21.9 Å². The quantitative estimate of drug-likeness (QED) is 0.665. The molecular weight excluding hydrogens is 346 g/mol. The smallest absolute Gasteiger partial charge is 0.277 e. The predicted octanol–water partition coefficient (Wildman–Crippen LogP) is 4.07. The van der Waals surface area contributed by atoms with Crippen molar-refractivity contribution in [3.8, 4) is 11.5 Å². The standard InChI is InChI=1S/C20H21N3O2S/c1-13-8-9-16(10-15(13)3)19-22-23-20(25-19)26-12-18(24)21-11-17-7-5-4-6-14(17)2/h4-10H,11-12H2,1-3H3,(H,21,24). The summed E-state index contributed by atoms with van der Waals surface area (Å²) >= 11 is 1.24. The zero-order valence-electron chi connectivity index (χ0n) is 15.1. The first-order valence-electron chi connectivity index (χ1n) is 8.38. The first kappa shape index (κ1) is 18.2. The summed E-state index contributed by atoms with van der Waals surface area (Å²) in [4.78, 5) is 12.0. The lowest BCUT2D eigenvalue weighted by atomic mass is 10.1. The summed E-state index contributed by atoms with van der Waals surface area (Å²) in [7, 11) is 0. The Bertz CT molecular complexity index is 921. The van der Waals surface area contributed by atoms with Crippen LogP contribution in [0, 0.1) is 20.8 Å². The number of aryl methyl sites for hydroxylation is 3. The molecule has 1 amide bonds. The maximum Gasteiger partial charge on any atom is 0.277 e. The highest BCUT2D eigenvalue weighted by atomic mass is 32.2. The van der Waals surface area contributed by atoms with Crippen molar-refractivity contribution in [1.82, 2.24) is 15.5 Å². The Morgan fingerprint density at radius 2 is 1.85 bits per heavy atom. The van der Waals surface area contributed by atoms with Crippen molar-refractivity contribution in [2.45, 2.75) is 32.5 Å². The van der Waals surface area contributed by atoms with Gasteiger partial charge in [-0.15, -0.1) is 10.2 Å². The van der Waals surface area contributed by atoms with Gasteiger partial charge in [-0.2, -0.15) is 0 Å². The van der Waals surface area contributed by atoms with Crippen LogP contribution in [0.25, 0.3) is 11.5 Å². The fraction of sp³-hybridized carbons (Fsp3) is 0.250. The summed E-state index contributed by atoms with van der Waals surface area (Å²) in [5.41, 5.74) is 5.55. The third kappa shape index (κ3) is 4.52. The van der Waals surface area contributed by atoms with Gasteiger partial charge in [0.25, 0.3) is 5.22 Å². The molecule has 3 rings (SSSR count). The zero-order valence-corrected chi connectivity index (χ0v) is 15.9. The Morgan fingerprint density at radius 1 is 1.04 bits per heavy atom. The molecule has 0 saturated heterocycles. The van der Waals surface area contributed by atoms with E-state index in [4.69, 9.17) is 4.42 Å². The van der Waals surface area contributed by atoms with Crippen molar-refractivity contribution in [2.75, 3.05) is 5.75 Å². The van der Waals surface area contributed by atoms with Gasteiger partial charge in [-0.1, -0.05) is 42.1 Å². The van der Waals surface area contributed by atoms with Crippen molar-refractivity contribution < 1.29 is 9.21 Å². The van der Waals surface area contributed by atoms with Crippen LogP contribution < -0.4 is 5.32 Å². The SMILES string of the molecule is Cc1ccc(-c2nnc(SCC(=O)NCc3ccccc3C)o2)cc1C. The number of nitrogens with zero attached hydrogens (tertiary/aromatic N) is 2. The molecule has 1 aromatic heterocycles. The summed E-state index contributed by atoms with van der Waals surface area (Å²) in [6, 6.07) is 14.0. The van der Waals surface area contributed by atoms with Gasteiger partial charge in [0.1, 0.15) is 0 Å². The van der Waals surface area contributed by atoms with Crippen LogP contribution in [0.4, 0.5) is 0 Å². The number of carbonyl (C=O) groups excluding carboxylic acids is 1. The Kier molecular flexibility index (Phi) is 5.73. The van der Waals surface area contributed by atoms with Gasteiger partial charge in [0.2, 0.25) is 11.8 Å². The highest BCUT2D eigenvalue weighted by Crippen LogP contribution is 2.24. The second kappa shape index (κ2) is 8.19. The number of benzene rings is 2. The normalized spacial score (nSPS) is 10.7. The molecule has 134 valence electrons. The van der Waals surface area contributed by atoms with Gasteiger partial charge in [-0.25, -0.2) is 0 Å². The molecule has 0 bridgehead atoms. The Hall–Kier alpha value is -2.60. The molecule has 0 aliphatic rings. The lowest BCUT2D eigenvalue weighted by molar-refractivity contribution is -0.118. The number of aromatic nitrogens is 2. The van der Waals surface area contributed by atoms with Crippen molar-refractivity contribution in [2.24, 2.45) is 0 Å². The average Bonchev–Trinajstić information content (AvgIpc) is 3.10. The van der Waals surface area contributed by atoms with E-state index in [1.807, 2.05) is 56.3 Å². The van der Waals surface area contributed by atoms with E-state index in [2.05, 4.69) is 22.4 Å².